The standard InChI is InChI=1S/C22H28N4O4/c1-15(2)24-22(29)23-13-16-8-10-17(11-9-16)21(28)26(3)14-20(27)25-18-6-5-7-19(12-18)30-4/h5-12,15H,13-14H2,1-4H3,(H,25,27)(H2,23,24,29). The molecule has 3 N–H and O–H groups in total. The Kier molecular flexibility index (Phi) is 8.22. The number of nitrogens with one attached hydrogen (secondary N) is 3. The van der Waals surface area contributed by atoms with Gasteiger partial charge in [0.05, 0.1) is 13.7 Å². The highest BCUT2D eigenvalue weighted by Gasteiger charge is 2.15. The molecule has 0 bridgehead atoms. The molecule has 0 saturated carbocycles. The largest absolute Gasteiger partial charge is 0.497 e. The highest BCUT2D eigenvalue weighted by Crippen LogP contribution is 2.16. The lowest BCUT2D eigenvalue weighted by atomic mass is 10.1. The number of anilines is 1. The highest BCUT2D eigenvalue weighted by atomic mass is 16.5. The number of likely N-dealkylation sites (N-methyl/N-ethyl adjacent to an activating group) is 1. The van der Waals surface area contributed by atoms with Crippen molar-refractivity contribution in [3.8, 4) is 5.75 Å². The molecule has 2 rings (SSSR count). The van der Waals surface area contributed by atoms with E-state index in [4.69, 9.17) is 4.74 Å². The van der Waals surface area contributed by atoms with Crippen LogP contribution in [0.5, 0.6) is 5.75 Å². The van der Waals surface area contributed by atoms with E-state index in [1.807, 2.05) is 13.8 Å². The summed E-state index contributed by atoms with van der Waals surface area (Å²) in [6.07, 6.45) is 0. The Morgan fingerprint density at radius 3 is 2.40 bits per heavy atom. The smallest absolute Gasteiger partial charge is 0.315 e. The average molecular weight is 412 g/mol. The molecule has 2 aromatic carbocycles. The molecule has 0 spiro atoms. The number of hydrogen-bond donors (Lipinski definition) is 3. The fraction of sp³-hybridized carbons (Fsp3) is 0.318. The van der Waals surface area contributed by atoms with Crippen LogP contribution < -0.4 is 20.7 Å². The second-order valence-electron chi connectivity index (χ2n) is 7.12. The molecule has 0 fully saturated rings. The van der Waals surface area contributed by atoms with Gasteiger partial charge in [0, 0.05) is 37.0 Å². The van der Waals surface area contributed by atoms with Crippen molar-refractivity contribution in [2.24, 2.45) is 0 Å². The van der Waals surface area contributed by atoms with Crippen LogP contribution in [0.15, 0.2) is 48.5 Å². The number of carbonyl (C=O) groups excluding carboxylic acids is 3. The van der Waals surface area contributed by atoms with Crippen molar-refractivity contribution in [2.75, 3.05) is 26.0 Å². The molecule has 0 aliphatic rings. The molecule has 0 radical (unpaired) electrons. The van der Waals surface area contributed by atoms with Crippen molar-refractivity contribution in [1.29, 1.82) is 0 Å². The van der Waals surface area contributed by atoms with E-state index >= 15 is 0 Å². The van der Waals surface area contributed by atoms with E-state index in [0.717, 1.165) is 5.56 Å². The first-order valence-corrected chi connectivity index (χ1v) is 9.61. The predicted molar refractivity (Wildman–Crippen MR) is 116 cm³/mol. The molecular weight excluding hydrogens is 384 g/mol. The van der Waals surface area contributed by atoms with E-state index in [1.54, 1.807) is 62.7 Å². The van der Waals surface area contributed by atoms with Crippen molar-refractivity contribution < 1.29 is 19.1 Å². The van der Waals surface area contributed by atoms with Gasteiger partial charge in [-0.3, -0.25) is 9.59 Å². The third-order valence-corrected chi connectivity index (χ3v) is 4.15. The van der Waals surface area contributed by atoms with E-state index in [0.29, 0.717) is 23.5 Å². The molecule has 0 atom stereocenters. The van der Waals surface area contributed by atoms with Gasteiger partial charge in [-0.25, -0.2) is 4.79 Å². The summed E-state index contributed by atoms with van der Waals surface area (Å²) in [7, 11) is 3.12. The number of methoxy groups -OCH3 is 1. The van der Waals surface area contributed by atoms with E-state index < -0.39 is 0 Å². The second kappa shape index (κ2) is 10.8. The minimum Gasteiger partial charge on any atom is -0.497 e. The lowest BCUT2D eigenvalue weighted by Gasteiger charge is -2.17. The van der Waals surface area contributed by atoms with Gasteiger partial charge in [-0.05, 0) is 43.7 Å². The van der Waals surface area contributed by atoms with Crippen LogP contribution in [-0.2, 0) is 11.3 Å². The van der Waals surface area contributed by atoms with Crippen molar-refractivity contribution >= 4 is 23.5 Å². The third-order valence-electron chi connectivity index (χ3n) is 4.15. The van der Waals surface area contributed by atoms with Crippen LogP contribution in [0.2, 0.25) is 0 Å². The number of carbonyl (C=O) groups is 3. The van der Waals surface area contributed by atoms with Crippen molar-refractivity contribution in [1.82, 2.24) is 15.5 Å². The van der Waals surface area contributed by atoms with Gasteiger partial charge in [0.15, 0.2) is 0 Å². The minimum absolute atomic E-state index is 0.0571. The van der Waals surface area contributed by atoms with Crippen LogP contribution in [0.25, 0.3) is 0 Å². The van der Waals surface area contributed by atoms with Crippen LogP contribution in [0, 0.1) is 0 Å². The van der Waals surface area contributed by atoms with Crippen LogP contribution >= 0.6 is 0 Å². The van der Waals surface area contributed by atoms with E-state index in [-0.39, 0.29) is 30.4 Å². The number of amides is 4. The van der Waals surface area contributed by atoms with Gasteiger partial charge in [0.25, 0.3) is 5.91 Å². The van der Waals surface area contributed by atoms with Crippen molar-refractivity contribution in [3.63, 3.8) is 0 Å². The summed E-state index contributed by atoms with van der Waals surface area (Å²) in [4.78, 5) is 37.8. The van der Waals surface area contributed by atoms with Gasteiger partial charge in [-0.2, -0.15) is 0 Å². The zero-order valence-corrected chi connectivity index (χ0v) is 17.7. The van der Waals surface area contributed by atoms with E-state index in [1.165, 1.54) is 4.90 Å². The maximum Gasteiger partial charge on any atom is 0.315 e. The van der Waals surface area contributed by atoms with Crippen LogP contribution in [0.4, 0.5) is 10.5 Å². The zero-order chi connectivity index (χ0) is 22.1. The van der Waals surface area contributed by atoms with Crippen LogP contribution in [0.1, 0.15) is 29.8 Å². The molecule has 0 aliphatic carbocycles. The first-order chi connectivity index (χ1) is 14.3. The first-order valence-electron chi connectivity index (χ1n) is 9.61. The molecular formula is C22H28N4O4. The minimum atomic E-state index is -0.309. The lowest BCUT2D eigenvalue weighted by molar-refractivity contribution is -0.116. The normalized spacial score (nSPS) is 10.3. The maximum absolute atomic E-state index is 12.6. The summed E-state index contributed by atoms with van der Waals surface area (Å²) >= 11 is 0. The number of nitrogens with zero attached hydrogens (tertiary/aromatic N) is 1. The van der Waals surface area contributed by atoms with Gasteiger partial charge in [-0.15, -0.1) is 0 Å². The summed E-state index contributed by atoms with van der Waals surface area (Å²) in [5.41, 5.74) is 1.92. The van der Waals surface area contributed by atoms with Gasteiger partial charge in [0.2, 0.25) is 5.91 Å². The molecule has 8 nitrogen and oxygen atoms in total. The molecule has 2 aromatic rings. The van der Waals surface area contributed by atoms with Crippen LogP contribution in [-0.4, -0.2) is 49.5 Å². The Balaban J connectivity index is 1.87. The van der Waals surface area contributed by atoms with E-state index in [9.17, 15) is 14.4 Å². The Morgan fingerprint density at radius 2 is 1.77 bits per heavy atom. The first kappa shape index (κ1) is 22.7. The quantitative estimate of drug-likeness (QED) is 0.621. The number of hydrogen-bond acceptors (Lipinski definition) is 4. The molecule has 0 saturated heterocycles. The van der Waals surface area contributed by atoms with Crippen molar-refractivity contribution in [2.45, 2.75) is 26.4 Å². The second-order valence-corrected chi connectivity index (χ2v) is 7.12. The third kappa shape index (κ3) is 7.12. The fourth-order valence-corrected chi connectivity index (χ4v) is 2.67. The summed E-state index contributed by atoms with van der Waals surface area (Å²) in [6, 6.07) is 13.7. The van der Waals surface area contributed by atoms with E-state index in [2.05, 4.69) is 16.0 Å². The summed E-state index contributed by atoms with van der Waals surface area (Å²) in [6.45, 7) is 4.03. The molecule has 8 heteroatoms. The molecule has 0 unspecified atom stereocenters. The SMILES string of the molecule is COc1cccc(NC(=O)CN(C)C(=O)c2ccc(CNC(=O)NC(C)C)cc2)c1. The van der Waals surface area contributed by atoms with Gasteiger partial charge < -0.3 is 25.6 Å². The molecule has 0 aliphatic heterocycles. The Hall–Kier alpha value is -3.55. The lowest BCUT2D eigenvalue weighted by Crippen LogP contribution is -2.39. The predicted octanol–water partition coefficient (Wildman–Crippen LogP) is 2.61. The number of ether oxygens (including phenoxy) is 1. The van der Waals surface area contributed by atoms with Gasteiger partial charge in [0.1, 0.15) is 5.75 Å². The van der Waals surface area contributed by atoms with Crippen molar-refractivity contribution in [3.05, 3.63) is 59.7 Å². The summed E-state index contributed by atoms with van der Waals surface area (Å²) in [5.74, 6) is 0.0532. The Morgan fingerprint density at radius 1 is 1.07 bits per heavy atom. The highest BCUT2D eigenvalue weighted by molar-refractivity contribution is 5.99. The number of rotatable bonds is 8. The monoisotopic (exact) mass is 412 g/mol. The number of benzene rings is 2. The maximum atomic E-state index is 12.6. The average Bonchev–Trinajstić information content (AvgIpc) is 2.71. The summed E-state index contributed by atoms with van der Waals surface area (Å²) in [5, 5.41) is 8.24. The Labute approximate surface area is 176 Å². The summed E-state index contributed by atoms with van der Waals surface area (Å²) < 4.78 is 5.13. The molecule has 0 aromatic heterocycles. The topological polar surface area (TPSA) is 99.8 Å². The molecule has 30 heavy (non-hydrogen) atoms. The Bertz CT molecular complexity index is 881. The number of urea groups is 1. The van der Waals surface area contributed by atoms with Gasteiger partial charge >= 0.3 is 6.03 Å². The van der Waals surface area contributed by atoms with Gasteiger partial charge in [-0.1, -0.05) is 18.2 Å². The fourth-order valence-electron chi connectivity index (χ4n) is 2.67. The molecule has 160 valence electrons. The molecule has 0 heterocycles. The molecule has 4 amide bonds. The zero-order valence-electron chi connectivity index (χ0n) is 17.7. The van der Waals surface area contributed by atoms with Crippen LogP contribution in [0.3, 0.4) is 0 Å².